The van der Waals surface area contributed by atoms with Gasteiger partial charge in [0, 0.05) is 33.0 Å². The molecule has 9 aromatic rings. The van der Waals surface area contributed by atoms with Gasteiger partial charge in [-0.05, 0) is 57.0 Å². The third kappa shape index (κ3) is 3.45. The molecule has 0 unspecified atom stereocenters. The summed E-state index contributed by atoms with van der Waals surface area (Å²) in [5, 5.41) is 4.84. The van der Waals surface area contributed by atoms with Crippen LogP contribution in [0.15, 0.2) is 176 Å². The first-order valence-corrected chi connectivity index (χ1v) is 16.9. The predicted molar refractivity (Wildman–Crippen MR) is 201 cm³/mol. The van der Waals surface area contributed by atoms with Crippen LogP contribution in [0.2, 0.25) is 0 Å². The summed E-state index contributed by atoms with van der Waals surface area (Å²) in [7, 11) is 0. The number of nitrogens with zero attached hydrogens (tertiary/aromatic N) is 1. The van der Waals surface area contributed by atoms with Crippen molar-refractivity contribution in [2.75, 3.05) is 0 Å². The molecule has 0 saturated carbocycles. The second-order valence-corrected chi connectivity index (χ2v) is 13.2. The Kier molecular flexibility index (Phi) is 5.34. The van der Waals surface area contributed by atoms with Crippen molar-refractivity contribution in [2.45, 2.75) is 5.41 Å². The van der Waals surface area contributed by atoms with Crippen molar-refractivity contribution < 1.29 is 4.74 Å². The Morgan fingerprint density at radius 2 is 0.980 bits per heavy atom. The molecule has 8 aromatic carbocycles. The molecule has 0 N–H and O–H groups in total. The highest BCUT2D eigenvalue weighted by atomic mass is 16.5. The number of para-hydroxylation sites is 1. The topological polar surface area (TPSA) is 14.2 Å². The number of hydrogen-bond donors (Lipinski definition) is 0. The summed E-state index contributed by atoms with van der Waals surface area (Å²) in [6.45, 7) is 0. The lowest BCUT2D eigenvalue weighted by Gasteiger charge is -2.39. The average Bonchev–Trinajstić information content (AvgIpc) is 3.67. The van der Waals surface area contributed by atoms with Crippen LogP contribution in [0.25, 0.3) is 60.5 Å². The van der Waals surface area contributed by atoms with Crippen molar-refractivity contribution in [2.24, 2.45) is 0 Å². The first-order valence-electron chi connectivity index (χ1n) is 16.9. The number of fused-ring (bicyclic) bond motifs is 15. The minimum Gasteiger partial charge on any atom is -0.454 e. The van der Waals surface area contributed by atoms with Crippen LogP contribution in [0.1, 0.15) is 22.3 Å². The van der Waals surface area contributed by atoms with Crippen LogP contribution < -0.4 is 4.74 Å². The molecule has 11 rings (SSSR count). The fourth-order valence-corrected chi connectivity index (χ4v) is 8.86. The molecule has 0 bridgehead atoms. The van der Waals surface area contributed by atoms with E-state index in [0.29, 0.717) is 0 Å². The molecule has 2 nitrogen and oxygen atoms in total. The summed E-state index contributed by atoms with van der Waals surface area (Å²) in [6.07, 6.45) is 0. The summed E-state index contributed by atoms with van der Waals surface area (Å²) in [5.74, 6) is 1.81. The van der Waals surface area contributed by atoms with E-state index in [1.54, 1.807) is 0 Å². The van der Waals surface area contributed by atoms with Gasteiger partial charge in [-0.15, -0.1) is 0 Å². The molecule has 0 radical (unpaired) electrons. The van der Waals surface area contributed by atoms with Gasteiger partial charge in [-0.2, -0.15) is 0 Å². The van der Waals surface area contributed by atoms with Crippen LogP contribution in [0, 0.1) is 0 Å². The molecule has 0 atom stereocenters. The number of benzene rings is 8. The van der Waals surface area contributed by atoms with E-state index in [4.69, 9.17) is 4.74 Å². The standard InChI is InChI=1S/C47H29NO/c1-2-12-30(13-3-1)31-22-25-33(26-23-31)48-44-34-15-5-4-14-32(34)24-27-37(44)38-28-29-42-46(45(38)48)49-43-21-11-10-20-41(43)47(42)39-18-8-6-16-35(39)36-17-7-9-19-40(36)47/h1-29H. The van der Waals surface area contributed by atoms with Gasteiger partial charge in [0.25, 0.3) is 0 Å². The van der Waals surface area contributed by atoms with Gasteiger partial charge >= 0.3 is 0 Å². The molecule has 2 heteroatoms. The van der Waals surface area contributed by atoms with E-state index in [0.717, 1.165) is 22.7 Å². The van der Waals surface area contributed by atoms with Gasteiger partial charge in [0.05, 0.1) is 16.4 Å². The lowest BCUT2D eigenvalue weighted by molar-refractivity contribution is 0.440. The van der Waals surface area contributed by atoms with Crippen LogP contribution in [0.4, 0.5) is 0 Å². The molecule has 1 spiro atoms. The third-order valence-corrected chi connectivity index (χ3v) is 10.9. The SMILES string of the molecule is c1ccc(-c2ccc(-n3c4c5c(ccc4c4ccc6ccccc6c43)C3(c4ccccc4O5)c4ccccc4-c4ccccc43)cc2)cc1. The van der Waals surface area contributed by atoms with Gasteiger partial charge < -0.3 is 9.30 Å². The van der Waals surface area contributed by atoms with Gasteiger partial charge in [-0.3, -0.25) is 0 Å². The molecular weight excluding hydrogens is 595 g/mol. The molecule has 0 saturated heterocycles. The van der Waals surface area contributed by atoms with Crippen molar-refractivity contribution in [1.82, 2.24) is 4.57 Å². The fraction of sp³-hybridized carbons (Fsp3) is 0.0213. The highest BCUT2D eigenvalue weighted by Gasteiger charge is 2.51. The maximum absolute atomic E-state index is 7.18. The molecular formula is C47H29NO. The van der Waals surface area contributed by atoms with Gasteiger partial charge in [-0.1, -0.05) is 158 Å². The van der Waals surface area contributed by atoms with Crippen molar-refractivity contribution >= 4 is 32.6 Å². The molecule has 1 aromatic heterocycles. The Morgan fingerprint density at radius 1 is 0.388 bits per heavy atom. The Hall–Kier alpha value is -6.38. The zero-order valence-electron chi connectivity index (χ0n) is 26.6. The molecule has 228 valence electrons. The van der Waals surface area contributed by atoms with Crippen LogP contribution in [0.3, 0.4) is 0 Å². The van der Waals surface area contributed by atoms with E-state index in [1.165, 1.54) is 71.6 Å². The zero-order valence-corrected chi connectivity index (χ0v) is 26.6. The van der Waals surface area contributed by atoms with E-state index >= 15 is 0 Å². The molecule has 0 fully saturated rings. The van der Waals surface area contributed by atoms with Crippen molar-refractivity contribution in [3.8, 4) is 39.4 Å². The molecule has 49 heavy (non-hydrogen) atoms. The quantitative estimate of drug-likeness (QED) is 0.187. The first kappa shape index (κ1) is 26.7. The summed E-state index contributed by atoms with van der Waals surface area (Å²) >= 11 is 0. The van der Waals surface area contributed by atoms with Gasteiger partial charge in [-0.25, -0.2) is 0 Å². The van der Waals surface area contributed by atoms with E-state index in [9.17, 15) is 0 Å². The summed E-state index contributed by atoms with van der Waals surface area (Å²) < 4.78 is 9.64. The molecule has 1 aliphatic carbocycles. The van der Waals surface area contributed by atoms with E-state index < -0.39 is 5.41 Å². The minimum atomic E-state index is -0.522. The number of hydrogen-bond acceptors (Lipinski definition) is 1. The summed E-state index contributed by atoms with van der Waals surface area (Å²) in [6, 6.07) is 64.0. The second kappa shape index (κ2) is 9.82. The van der Waals surface area contributed by atoms with E-state index in [2.05, 4.69) is 180 Å². The van der Waals surface area contributed by atoms with Crippen molar-refractivity contribution in [1.29, 1.82) is 0 Å². The van der Waals surface area contributed by atoms with Crippen LogP contribution in [-0.4, -0.2) is 4.57 Å². The molecule has 1 aliphatic heterocycles. The van der Waals surface area contributed by atoms with Crippen LogP contribution in [0.5, 0.6) is 11.5 Å². The Bertz CT molecular complexity index is 2740. The molecule has 2 aliphatic rings. The fourth-order valence-electron chi connectivity index (χ4n) is 8.86. The summed E-state index contributed by atoms with van der Waals surface area (Å²) in [5.41, 5.74) is 12.8. The highest BCUT2D eigenvalue weighted by molar-refractivity contribution is 6.20. The predicted octanol–water partition coefficient (Wildman–Crippen LogP) is 12.1. The van der Waals surface area contributed by atoms with Gasteiger partial charge in [0.1, 0.15) is 5.75 Å². The largest absolute Gasteiger partial charge is 0.454 e. The lowest BCUT2D eigenvalue weighted by atomic mass is 9.66. The minimum absolute atomic E-state index is 0.522. The maximum Gasteiger partial charge on any atom is 0.156 e. The third-order valence-electron chi connectivity index (χ3n) is 10.9. The molecule has 2 heterocycles. The van der Waals surface area contributed by atoms with E-state index in [1.807, 2.05) is 0 Å². The molecule has 0 amide bonds. The average molecular weight is 624 g/mol. The Labute approximate surface area is 284 Å². The number of aromatic nitrogens is 1. The smallest absolute Gasteiger partial charge is 0.156 e. The number of ether oxygens (including phenoxy) is 1. The monoisotopic (exact) mass is 623 g/mol. The van der Waals surface area contributed by atoms with E-state index in [-0.39, 0.29) is 0 Å². The lowest BCUT2D eigenvalue weighted by Crippen LogP contribution is -2.32. The second-order valence-electron chi connectivity index (χ2n) is 13.2. The Morgan fingerprint density at radius 3 is 1.76 bits per heavy atom. The Balaban J connectivity index is 1.30. The van der Waals surface area contributed by atoms with Crippen molar-refractivity contribution in [3.05, 3.63) is 198 Å². The van der Waals surface area contributed by atoms with Crippen molar-refractivity contribution in [3.63, 3.8) is 0 Å². The first-order chi connectivity index (χ1) is 24.3. The maximum atomic E-state index is 7.18. The summed E-state index contributed by atoms with van der Waals surface area (Å²) in [4.78, 5) is 0. The highest BCUT2D eigenvalue weighted by Crippen LogP contribution is 2.63. The normalized spacial score (nSPS) is 13.6. The zero-order chi connectivity index (χ0) is 32.1. The number of rotatable bonds is 2. The van der Waals surface area contributed by atoms with Crippen LogP contribution >= 0.6 is 0 Å². The van der Waals surface area contributed by atoms with Gasteiger partial charge in [0.2, 0.25) is 0 Å². The van der Waals surface area contributed by atoms with Gasteiger partial charge in [0.15, 0.2) is 5.75 Å². The van der Waals surface area contributed by atoms with Crippen LogP contribution in [-0.2, 0) is 5.41 Å².